The van der Waals surface area contributed by atoms with Crippen LogP contribution in [0.25, 0.3) is 0 Å². The van der Waals surface area contributed by atoms with Gasteiger partial charge in [-0.15, -0.1) is 0 Å². The van der Waals surface area contributed by atoms with E-state index < -0.39 is 17.8 Å². The average Bonchev–Trinajstić information content (AvgIpc) is 2.19. The zero-order valence-corrected chi connectivity index (χ0v) is 9.74. The fraction of sp³-hybridized carbons (Fsp3) is 0.222. The molecule has 0 atom stereocenters. The van der Waals surface area contributed by atoms with Crippen molar-refractivity contribution in [2.75, 3.05) is 12.4 Å². The molecule has 1 rings (SSSR count). The summed E-state index contributed by atoms with van der Waals surface area (Å²) < 4.78 is 38.1. The first-order chi connectivity index (χ1) is 7.34. The molecule has 0 spiro atoms. The van der Waals surface area contributed by atoms with E-state index in [0.717, 1.165) is 6.07 Å². The van der Waals surface area contributed by atoms with Crippen LogP contribution in [0.1, 0.15) is 5.56 Å². The van der Waals surface area contributed by atoms with E-state index in [1.807, 2.05) is 0 Å². The van der Waals surface area contributed by atoms with Crippen LogP contribution in [0.5, 0.6) is 0 Å². The predicted molar refractivity (Wildman–Crippen MR) is 57.2 cm³/mol. The van der Waals surface area contributed by atoms with Gasteiger partial charge in [0.1, 0.15) is 0 Å². The first-order valence-electron chi connectivity index (χ1n) is 4.20. The maximum absolute atomic E-state index is 12.6. The summed E-state index contributed by atoms with van der Waals surface area (Å²) in [5.74, 6) is 0. The summed E-state index contributed by atoms with van der Waals surface area (Å²) in [6.07, 6.45) is -4.51. The summed E-state index contributed by atoms with van der Waals surface area (Å²) in [6, 6.07) is 2.81. The number of rotatable bonds is 1. The monoisotopic (exact) mass is 296 g/mol. The van der Waals surface area contributed by atoms with Crippen molar-refractivity contribution in [2.24, 2.45) is 0 Å². The van der Waals surface area contributed by atoms with Gasteiger partial charge in [-0.1, -0.05) is 15.9 Å². The van der Waals surface area contributed by atoms with Crippen molar-refractivity contribution in [3.8, 4) is 0 Å². The van der Waals surface area contributed by atoms with Gasteiger partial charge in [0.25, 0.3) is 0 Å². The van der Waals surface area contributed by atoms with Crippen LogP contribution in [0.2, 0.25) is 0 Å². The molecule has 2 N–H and O–H groups in total. The number of carbonyl (C=O) groups is 1. The number of hydrogen-bond acceptors (Lipinski definition) is 1. The standard InChI is InChI=1S/C9H8BrF3N2O/c1-14-8(16)15-7-3-2-5(10)4-6(7)9(11,12)13/h2-4H,1H3,(H2,14,15,16). The molecule has 7 heteroatoms. The van der Waals surface area contributed by atoms with Gasteiger partial charge in [0.2, 0.25) is 0 Å². The topological polar surface area (TPSA) is 41.1 Å². The Morgan fingerprint density at radius 2 is 2.00 bits per heavy atom. The summed E-state index contributed by atoms with van der Waals surface area (Å²) in [5, 5.41) is 4.28. The molecule has 1 aromatic rings. The molecule has 2 amide bonds. The number of benzene rings is 1. The van der Waals surface area contributed by atoms with Crippen LogP contribution in [-0.4, -0.2) is 13.1 Å². The second kappa shape index (κ2) is 4.73. The Bertz CT molecular complexity index is 406. The highest BCUT2D eigenvalue weighted by Crippen LogP contribution is 2.36. The SMILES string of the molecule is CNC(=O)Nc1ccc(Br)cc1C(F)(F)F. The molecule has 0 aliphatic rings. The van der Waals surface area contributed by atoms with E-state index in [4.69, 9.17) is 0 Å². The van der Waals surface area contributed by atoms with Gasteiger partial charge in [-0.2, -0.15) is 13.2 Å². The summed E-state index contributed by atoms with van der Waals surface area (Å²) in [4.78, 5) is 10.9. The Morgan fingerprint density at radius 3 is 2.50 bits per heavy atom. The third-order valence-electron chi connectivity index (χ3n) is 1.76. The summed E-state index contributed by atoms with van der Waals surface area (Å²) in [7, 11) is 1.32. The van der Waals surface area contributed by atoms with E-state index >= 15 is 0 Å². The van der Waals surface area contributed by atoms with Crippen LogP contribution in [0.15, 0.2) is 22.7 Å². The molecular weight excluding hydrogens is 289 g/mol. The van der Waals surface area contributed by atoms with E-state index in [9.17, 15) is 18.0 Å². The lowest BCUT2D eigenvalue weighted by molar-refractivity contribution is -0.136. The molecule has 0 saturated heterocycles. The minimum absolute atomic E-state index is 0.282. The normalized spacial score (nSPS) is 11.1. The maximum atomic E-state index is 12.6. The molecule has 0 bridgehead atoms. The van der Waals surface area contributed by atoms with E-state index in [1.165, 1.54) is 19.2 Å². The number of carbonyl (C=O) groups excluding carboxylic acids is 1. The number of nitrogens with one attached hydrogen (secondary N) is 2. The second-order valence-electron chi connectivity index (χ2n) is 2.89. The lowest BCUT2D eigenvalue weighted by atomic mass is 10.1. The fourth-order valence-electron chi connectivity index (χ4n) is 1.04. The molecule has 3 nitrogen and oxygen atoms in total. The average molecular weight is 297 g/mol. The quantitative estimate of drug-likeness (QED) is 0.821. The van der Waals surface area contributed by atoms with Gasteiger partial charge in [-0.3, -0.25) is 0 Å². The third kappa shape index (κ3) is 3.13. The van der Waals surface area contributed by atoms with Crippen molar-refractivity contribution in [3.63, 3.8) is 0 Å². The zero-order chi connectivity index (χ0) is 12.3. The van der Waals surface area contributed by atoms with Crippen molar-refractivity contribution in [1.29, 1.82) is 0 Å². The number of urea groups is 1. The molecule has 16 heavy (non-hydrogen) atoms. The van der Waals surface area contributed by atoms with Gasteiger partial charge in [0.05, 0.1) is 11.3 Å². The van der Waals surface area contributed by atoms with E-state index in [-0.39, 0.29) is 5.69 Å². The van der Waals surface area contributed by atoms with Crippen LogP contribution < -0.4 is 10.6 Å². The van der Waals surface area contributed by atoms with E-state index in [0.29, 0.717) is 4.47 Å². The number of anilines is 1. The minimum Gasteiger partial charge on any atom is -0.341 e. The van der Waals surface area contributed by atoms with Crippen LogP contribution in [0.4, 0.5) is 23.7 Å². The van der Waals surface area contributed by atoms with E-state index in [1.54, 1.807) is 0 Å². The molecule has 0 aromatic heterocycles. The van der Waals surface area contributed by atoms with Crippen molar-refractivity contribution in [2.45, 2.75) is 6.18 Å². The van der Waals surface area contributed by atoms with Crippen molar-refractivity contribution in [3.05, 3.63) is 28.2 Å². The third-order valence-corrected chi connectivity index (χ3v) is 2.26. The van der Waals surface area contributed by atoms with Gasteiger partial charge in [0, 0.05) is 11.5 Å². The highest BCUT2D eigenvalue weighted by atomic mass is 79.9. The second-order valence-corrected chi connectivity index (χ2v) is 3.81. The maximum Gasteiger partial charge on any atom is 0.418 e. The Kier molecular flexibility index (Phi) is 3.79. The van der Waals surface area contributed by atoms with Crippen molar-refractivity contribution in [1.82, 2.24) is 5.32 Å². The molecule has 0 aliphatic heterocycles. The first kappa shape index (κ1) is 12.8. The largest absolute Gasteiger partial charge is 0.418 e. The number of amides is 2. The highest BCUT2D eigenvalue weighted by molar-refractivity contribution is 9.10. The molecule has 88 valence electrons. The highest BCUT2D eigenvalue weighted by Gasteiger charge is 2.34. The van der Waals surface area contributed by atoms with Crippen molar-refractivity contribution < 1.29 is 18.0 Å². The Balaban J connectivity index is 3.13. The number of hydrogen-bond donors (Lipinski definition) is 2. The van der Waals surface area contributed by atoms with Gasteiger partial charge < -0.3 is 10.6 Å². The molecular formula is C9H8BrF3N2O. The first-order valence-corrected chi connectivity index (χ1v) is 4.99. The molecule has 0 fully saturated rings. The lowest BCUT2D eigenvalue weighted by Crippen LogP contribution is -2.26. The van der Waals surface area contributed by atoms with Crippen LogP contribution in [-0.2, 0) is 6.18 Å². The van der Waals surface area contributed by atoms with Gasteiger partial charge in [-0.25, -0.2) is 4.79 Å². The lowest BCUT2D eigenvalue weighted by Gasteiger charge is -2.13. The van der Waals surface area contributed by atoms with Gasteiger partial charge >= 0.3 is 12.2 Å². The predicted octanol–water partition coefficient (Wildman–Crippen LogP) is 3.22. The van der Waals surface area contributed by atoms with E-state index in [2.05, 4.69) is 26.6 Å². The summed E-state index contributed by atoms with van der Waals surface area (Å²) >= 11 is 2.94. The number of halogens is 4. The van der Waals surface area contributed by atoms with Crippen molar-refractivity contribution >= 4 is 27.6 Å². The van der Waals surface area contributed by atoms with Gasteiger partial charge in [-0.05, 0) is 18.2 Å². The van der Waals surface area contributed by atoms with Gasteiger partial charge in [0.15, 0.2) is 0 Å². The molecule has 0 unspecified atom stereocenters. The Labute approximate surface area is 98.2 Å². The van der Waals surface area contributed by atoms with Crippen LogP contribution in [0.3, 0.4) is 0 Å². The minimum atomic E-state index is -4.51. The smallest absolute Gasteiger partial charge is 0.341 e. The molecule has 0 radical (unpaired) electrons. The molecule has 1 aromatic carbocycles. The molecule has 0 aliphatic carbocycles. The summed E-state index contributed by atoms with van der Waals surface area (Å²) in [6.45, 7) is 0. The number of alkyl halides is 3. The van der Waals surface area contributed by atoms with Crippen LogP contribution in [0, 0.1) is 0 Å². The fourth-order valence-corrected chi connectivity index (χ4v) is 1.41. The molecule has 0 heterocycles. The summed E-state index contributed by atoms with van der Waals surface area (Å²) in [5.41, 5.74) is -1.18. The zero-order valence-electron chi connectivity index (χ0n) is 8.15. The Morgan fingerprint density at radius 1 is 1.38 bits per heavy atom. The van der Waals surface area contributed by atoms with Crippen LogP contribution >= 0.6 is 15.9 Å². The Hall–Kier alpha value is -1.24. The molecule has 0 saturated carbocycles.